The number of carboxylic acids is 1. The smallest absolute Gasteiger partial charge is 0.490 e. The Morgan fingerprint density at radius 3 is 2.32 bits per heavy atom. The number of fused-ring (bicyclic) bond motifs is 1. The topological polar surface area (TPSA) is 100 Å². The van der Waals surface area contributed by atoms with Gasteiger partial charge in [-0.2, -0.15) is 13.2 Å². The lowest BCUT2D eigenvalue weighted by atomic mass is 9.65. The highest BCUT2D eigenvalue weighted by Gasteiger charge is 2.52. The van der Waals surface area contributed by atoms with Gasteiger partial charge in [0.1, 0.15) is 5.82 Å². The van der Waals surface area contributed by atoms with Gasteiger partial charge in [0.25, 0.3) is 0 Å². The number of halogens is 5. The van der Waals surface area contributed by atoms with E-state index in [4.69, 9.17) is 31.0 Å². The number of benzene rings is 2. The Kier molecular flexibility index (Phi) is 10.4. The number of methoxy groups -OCH3 is 2. The number of carbonyl (C=O) groups excluding carboxylic acids is 1. The lowest BCUT2D eigenvalue weighted by Gasteiger charge is -2.46. The molecule has 1 heterocycles. The van der Waals surface area contributed by atoms with Gasteiger partial charge in [0.2, 0.25) is 0 Å². The second kappa shape index (κ2) is 13.2. The summed E-state index contributed by atoms with van der Waals surface area (Å²) in [6.07, 6.45) is -1.33. The Hall–Kier alpha value is -3.25. The van der Waals surface area contributed by atoms with Gasteiger partial charge in [-0.15, -0.1) is 0 Å². The Balaban J connectivity index is 0.000000587. The maximum absolute atomic E-state index is 13.4. The lowest BCUT2D eigenvalue weighted by molar-refractivity contribution is -0.192. The van der Waals surface area contributed by atoms with Gasteiger partial charge in [0.15, 0.2) is 11.5 Å². The third-order valence-electron chi connectivity index (χ3n) is 7.68. The van der Waals surface area contributed by atoms with E-state index in [9.17, 15) is 22.4 Å². The molecule has 13 heteroatoms. The van der Waals surface area contributed by atoms with Gasteiger partial charge in [-0.25, -0.2) is 14.0 Å². The van der Waals surface area contributed by atoms with Crippen LogP contribution < -0.4 is 20.1 Å². The van der Waals surface area contributed by atoms with Gasteiger partial charge >= 0.3 is 18.2 Å². The molecule has 2 aromatic carbocycles. The molecule has 3 N–H and O–H groups in total. The molecular weight excluding hydrogens is 570 g/mol. The van der Waals surface area contributed by atoms with Crippen molar-refractivity contribution < 1.29 is 41.7 Å². The zero-order chi connectivity index (χ0) is 30.5. The number of carboxylic acid groups (broad SMARTS) is 1. The number of amides is 2. The number of alkyl halides is 3. The fraction of sp³-hybridized carbons (Fsp3) is 0.500. The second-order valence-corrected chi connectivity index (χ2v) is 10.7. The van der Waals surface area contributed by atoms with Crippen molar-refractivity contribution in [2.45, 2.75) is 69.2 Å². The summed E-state index contributed by atoms with van der Waals surface area (Å²) in [5.74, 6) is -1.80. The number of aliphatic carboxylic acids is 1. The summed E-state index contributed by atoms with van der Waals surface area (Å²) >= 11 is 5.84. The number of rotatable bonds is 6. The van der Waals surface area contributed by atoms with Gasteiger partial charge in [-0.05, 0) is 82.0 Å². The molecule has 1 saturated heterocycles. The van der Waals surface area contributed by atoms with Gasteiger partial charge in [-0.1, -0.05) is 17.7 Å². The summed E-state index contributed by atoms with van der Waals surface area (Å²) in [4.78, 5) is 24.1. The predicted molar refractivity (Wildman–Crippen MR) is 146 cm³/mol. The van der Waals surface area contributed by atoms with Crippen molar-refractivity contribution >= 4 is 29.3 Å². The van der Waals surface area contributed by atoms with Gasteiger partial charge in [0, 0.05) is 29.2 Å². The molecule has 226 valence electrons. The molecule has 41 heavy (non-hydrogen) atoms. The van der Waals surface area contributed by atoms with E-state index in [0.29, 0.717) is 17.8 Å². The van der Waals surface area contributed by atoms with E-state index in [1.807, 2.05) is 6.07 Å². The molecule has 2 aliphatic rings. The number of likely N-dealkylation sites (tertiary alicyclic amines) is 1. The molecule has 0 spiro atoms. The van der Waals surface area contributed by atoms with E-state index in [-0.39, 0.29) is 22.5 Å². The van der Waals surface area contributed by atoms with E-state index in [2.05, 4.69) is 41.5 Å². The minimum atomic E-state index is -5.08. The first-order valence-corrected chi connectivity index (χ1v) is 13.4. The highest BCUT2D eigenvalue weighted by molar-refractivity contribution is 6.31. The summed E-state index contributed by atoms with van der Waals surface area (Å²) in [7, 11) is 3.32. The third kappa shape index (κ3) is 7.53. The van der Waals surface area contributed by atoms with Crippen LogP contribution in [0.5, 0.6) is 11.5 Å². The van der Waals surface area contributed by atoms with E-state index in [0.717, 1.165) is 43.7 Å². The highest BCUT2D eigenvalue weighted by atomic mass is 35.5. The number of urea groups is 1. The molecule has 1 saturated carbocycles. The molecule has 2 aromatic rings. The molecule has 2 amide bonds. The van der Waals surface area contributed by atoms with Crippen LogP contribution in [0.4, 0.5) is 28.0 Å². The molecule has 0 radical (unpaired) electrons. The van der Waals surface area contributed by atoms with E-state index < -0.39 is 18.0 Å². The van der Waals surface area contributed by atoms with Crippen molar-refractivity contribution in [3.63, 3.8) is 0 Å². The van der Waals surface area contributed by atoms with Gasteiger partial charge < -0.3 is 25.2 Å². The maximum atomic E-state index is 13.4. The zero-order valence-corrected chi connectivity index (χ0v) is 23.9. The van der Waals surface area contributed by atoms with Crippen LogP contribution in [-0.2, 0) is 10.2 Å². The van der Waals surface area contributed by atoms with Crippen molar-refractivity contribution in [1.29, 1.82) is 0 Å². The van der Waals surface area contributed by atoms with E-state index >= 15 is 0 Å². The third-order valence-corrected chi connectivity index (χ3v) is 7.97. The fourth-order valence-electron chi connectivity index (χ4n) is 5.74. The Morgan fingerprint density at radius 2 is 1.76 bits per heavy atom. The van der Waals surface area contributed by atoms with E-state index in [1.165, 1.54) is 23.8 Å². The van der Waals surface area contributed by atoms with Crippen molar-refractivity contribution in [3.8, 4) is 11.5 Å². The summed E-state index contributed by atoms with van der Waals surface area (Å²) in [6.45, 7) is 5.48. The zero-order valence-electron chi connectivity index (χ0n) is 23.1. The number of carbonyl (C=O) groups is 2. The molecule has 0 unspecified atom stereocenters. The second-order valence-electron chi connectivity index (χ2n) is 10.3. The monoisotopic (exact) mass is 603 g/mol. The Bertz CT molecular complexity index is 1250. The molecular formula is C28H34ClF4N3O5. The van der Waals surface area contributed by atoms with Crippen LogP contribution >= 0.6 is 11.6 Å². The standard InChI is InChI=1S/C26H33ClFN3O3.C2HF3O2/c1-16(2)31-12-11-26(17-5-8-22(33-3)23(13-17)34-4)10-9-19(15-24(26)31)30-25(32)29-18-6-7-21(28)20(27)14-18;3-2(4,5)1(6)7/h5-8,13-14,16,19,24H,9-12,15H2,1-4H3,(H2,29,30,32);(H,6,7)/t19-,24+,26+;/m1./s1. The highest BCUT2D eigenvalue weighted by Crippen LogP contribution is 2.50. The van der Waals surface area contributed by atoms with Crippen LogP contribution in [0, 0.1) is 5.82 Å². The Labute approximate surface area is 240 Å². The van der Waals surface area contributed by atoms with Crippen molar-refractivity contribution in [3.05, 3.63) is 52.8 Å². The first-order chi connectivity index (χ1) is 19.2. The number of nitrogens with one attached hydrogen (secondary N) is 2. The number of nitrogens with zero attached hydrogens (tertiary/aromatic N) is 1. The average molecular weight is 604 g/mol. The summed E-state index contributed by atoms with van der Waals surface area (Å²) in [5.41, 5.74) is 1.73. The SMILES string of the molecule is COc1ccc([C@@]23CC[C@@H](NC(=O)Nc4ccc(F)c(Cl)c4)C[C@@H]2N(C(C)C)CC3)cc1OC.O=C(O)C(F)(F)F. The molecule has 8 nitrogen and oxygen atoms in total. The lowest BCUT2D eigenvalue weighted by Crippen LogP contribution is -2.54. The molecule has 2 fully saturated rings. The van der Waals surface area contributed by atoms with Crippen molar-refractivity contribution in [2.75, 3.05) is 26.1 Å². The summed E-state index contributed by atoms with van der Waals surface area (Å²) < 4.78 is 56.2. The summed E-state index contributed by atoms with van der Waals surface area (Å²) in [5, 5.41) is 13.0. The van der Waals surface area contributed by atoms with E-state index in [1.54, 1.807) is 14.2 Å². The number of hydrogen-bond donors (Lipinski definition) is 3. The first-order valence-electron chi connectivity index (χ1n) is 13.0. The molecule has 1 aliphatic carbocycles. The molecule has 0 aromatic heterocycles. The quantitative estimate of drug-likeness (QED) is 0.339. The van der Waals surface area contributed by atoms with Crippen LogP contribution in [-0.4, -0.2) is 67.1 Å². The number of anilines is 1. The van der Waals surface area contributed by atoms with Crippen molar-refractivity contribution in [2.24, 2.45) is 0 Å². The van der Waals surface area contributed by atoms with Crippen LogP contribution in [0.15, 0.2) is 36.4 Å². The molecule has 4 rings (SSSR count). The largest absolute Gasteiger partial charge is 0.493 e. The van der Waals surface area contributed by atoms with Gasteiger partial charge in [0.05, 0.1) is 19.2 Å². The average Bonchev–Trinajstić information content (AvgIpc) is 3.30. The normalized spacial score (nSPS) is 22.3. The number of hydrogen-bond acceptors (Lipinski definition) is 5. The van der Waals surface area contributed by atoms with Crippen LogP contribution in [0.2, 0.25) is 5.02 Å². The maximum Gasteiger partial charge on any atom is 0.490 e. The first kappa shape index (κ1) is 32.3. The molecule has 1 aliphatic heterocycles. The predicted octanol–water partition coefficient (Wildman–Crippen LogP) is 6.22. The minimum Gasteiger partial charge on any atom is -0.493 e. The van der Waals surface area contributed by atoms with Gasteiger partial charge in [-0.3, -0.25) is 4.90 Å². The van der Waals surface area contributed by atoms with Crippen LogP contribution in [0.25, 0.3) is 0 Å². The minimum absolute atomic E-state index is 0.00294. The fourth-order valence-corrected chi connectivity index (χ4v) is 5.92. The van der Waals surface area contributed by atoms with Crippen LogP contribution in [0.3, 0.4) is 0 Å². The number of ether oxygens (including phenoxy) is 2. The van der Waals surface area contributed by atoms with Crippen molar-refractivity contribution in [1.82, 2.24) is 10.2 Å². The Morgan fingerprint density at radius 1 is 1.10 bits per heavy atom. The molecule has 3 atom stereocenters. The molecule has 0 bridgehead atoms. The van der Waals surface area contributed by atoms with Crippen LogP contribution in [0.1, 0.15) is 45.1 Å². The summed E-state index contributed by atoms with van der Waals surface area (Å²) in [6, 6.07) is 10.9.